The molecular weight excluding hydrogens is 164 g/mol. The number of H-pyrrole nitrogens is 1. The van der Waals surface area contributed by atoms with Crippen LogP contribution in [0.25, 0.3) is 0 Å². The number of esters is 1. The number of carbonyl (C=O) groups is 1. The molecule has 0 aliphatic heterocycles. The molecule has 0 saturated heterocycles. The van der Waals surface area contributed by atoms with E-state index in [-0.39, 0.29) is 12.8 Å². The normalized spacial score (nSPS) is 11.6. The number of hydrogen-bond donors (Lipinski definition) is 1. The maximum absolute atomic E-state index is 11.1. The van der Waals surface area contributed by atoms with Gasteiger partial charge in [-0.3, -0.25) is 4.79 Å². The summed E-state index contributed by atoms with van der Waals surface area (Å²) >= 11 is 0. The van der Waals surface area contributed by atoms with E-state index >= 15 is 0 Å². The van der Waals surface area contributed by atoms with Gasteiger partial charge in [0.25, 0.3) is 6.79 Å². The maximum Gasteiger partial charge on any atom is 0.314 e. The molecule has 0 aromatic carbocycles. The predicted octanol–water partition coefficient (Wildman–Crippen LogP) is 0.385. The van der Waals surface area contributed by atoms with Crippen LogP contribution < -0.4 is 4.84 Å². The van der Waals surface area contributed by atoms with E-state index in [4.69, 9.17) is 4.74 Å². The third-order valence-corrected chi connectivity index (χ3v) is 1.14. The van der Waals surface area contributed by atoms with E-state index in [0.717, 1.165) is 5.02 Å². The van der Waals surface area contributed by atoms with E-state index in [1.165, 1.54) is 0 Å². The molecule has 0 aliphatic carbocycles. The summed E-state index contributed by atoms with van der Waals surface area (Å²) in [6.07, 6.45) is 0. The lowest BCUT2D eigenvalue weighted by Gasteiger charge is -2.15. The van der Waals surface area contributed by atoms with Crippen molar-refractivity contribution in [2.75, 3.05) is 6.79 Å². The molecule has 0 saturated carbocycles. The maximum atomic E-state index is 11.1. The van der Waals surface area contributed by atoms with Gasteiger partial charge in [0.05, 0.1) is 10.4 Å². The highest BCUT2D eigenvalue weighted by Gasteiger charge is 2.23. The molecule has 0 radical (unpaired) electrons. The number of aromatic amines is 1. The Hall–Kier alpha value is -1.33. The Morgan fingerprint density at radius 2 is 2.17 bits per heavy atom. The minimum atomic E-state index is -0.503. The molecule has 6 heteroatoms. The summed E-state index contributed by atoms with van der Waals surface area (Å²) in [6, 6.07) is 0. The molecule has 0 amide bonds. The van der Waals surface area contributed by atoms with Crippen molar-refractivity contribution in [3.05, 3.63) is 0 Å². The van der Waals surface area contributed by atoms with Crippen molar-refractivity contribution in [2.24, 2.45) is 5.41 Å². The van der Waals surface area contributed by atoms with Gasteiger partial charge in [0.1, 0.15) is 0 Å². The molecule has 70 valence electrons. The first-order chi connectivity index (χ1) is 5.50. The summed E-state index contributed by atoms with van der Waals surface area (Å²) in [5, 5.41) is 3.25. The number of hydrogen-bond acceptors (Lipinski definition) is 4. The number of ether oxygens (including phenoxy) is 1. The van der Waals surface area contributed by atoms with Gasteiger partial charge in [-0.15, -0.1) is 0 Å². The molecule has 0 spiro atoms. The fourth-order valence-electron chi connectivity index (χ4n) is 0.414. The topological polar surface area (TPSA) is 69.4 Å². The molecule has 1 heterocycles. The third-order valence-electron chi connectivity index (χ3n) is 1.14. The highest BCUT2D eigenvalue weighted by molar-refractivity contribution is 5.75. The Morgan fingerprint density at radius 1 is 1.58 bits per heavy atom. The largest absolute Gasteiger partial charge is 0.425 e. The lowest BCUT2D eigenvalue weighted by atomic mass is 9.98. The Balaban J connectivity index is 2.14. The van der Waals surface area contributed by atoms with E-state index in [9.17, 15) is 4.79 Å². The molecule has 1 aromatic heterocycles. The number of rotatable bonds is 3. The summed E-state index contributed by atoms with van der Waals surface area (Å²) in [7, 11) is 0. The first-order valence-electron chi connectivity index (χ1n) is 3.53. The molecule has 0 unspecified atom stereocenters. The van der Waals surface area contributed by atoms with Crippen molar-refractivity contribution in [1.29, 1.82) is 0 Å². The number of nitrogens with zero attached hydrogens (tertiary/aromatic N) is 1. The van der Waals surface area contributed by atoms with Crippen LogP contribution >= 0.6 is 0 Å². The average Bonchev–Trinajstić information content (AvgIpc) is 2.69. The van der Waals surface area contributed by atoms with Crippen LogP contribution in [0.4, 0.5) is 0 Å². The van der Waals surface area contributed by atoms with Crippen molar-refractivity contribution in [2.45, 2.75) is 20.8 Å². The number of aromatic nitrogens is 2. The van der Waals surface area contributed by atoms with E-state index in [2.05, 4.69) is 14.7 Å². The van der Waals surface area contributed by atoms with Gasteiger partial charge in [0, 0.05) is 0 Å². The minimum absolute atomic E-state index is 0.150. The summed E-state index contributed by atoms with van der Waals surface area (Å²) in [4.78, 5) is 15.8. The van der Waals surface area contributed by atoms with Crippen LogP contribution in [0.1, 0.15) is 20.8 Å². The SMILES string of the molecule is CC(C)(C)C(=O)OCOn1[nH]o1. The average molecular weight is 176 g/mol. The van der Waals surface area contributed by atoms with Gasteiger partial charge in [-0.2, -0.15) is 0 Å². The van der Waals surface area contributed by atoms with Gasteiger partial charge in [0.2, 0.25) is 0 Å². The quantitative estimate of drug-likeness (QED) is 0.534. The Labute approximate surface area is 69.3 Å². The van der Waals surface area contributed by atoms with Gasteiger partial charge in [-0.25, -0.2) is 4.63 Å². The van der Waals surface area contributed by atoms with Gasteiger partial charge >= 0.3 is 5.97 Å². The third kappa shape index (κ3) is 2.73. The highest BCUT2D eigenvalue weighted by Crippen LogP contribution is 2.14. The summed E-state index contributed by atoms with van der Waals surface area (Å²) in [5.41, 5.74) is -0.503. The number of nitrogens with one attached hydrogen (secondary N) is 1. The molecule has 0 aliphatic rings. The Kier molecular flexibility index (Phi) is 2.16. The standard InChI is InChI=1S/C6H12N2O4/c1-6(2,3)5(9)10-4-11-8-7-12-8/h7H,4H2,1-3H3. The van der Waals surface area contributed by atoms with Gasteiger partial charge in [-0.1, -0.05) is 5.27 Å². The van der Waals surface area contributed by atoms with Gasteiger partial charge in [0.15, 0.2) is 0 Å². The van der Waals surface area contributed by atoms with Crippen LogP contribution in [-0.4, -0.2) is 23.1 Å². The number of carbonyl (C=O) groups excluding carboxylic acids is 1. The second kappa shape index (κ2) is 2.96. The van der Waals surface area contributed by atoms with Crippen LogP contribution in [0.5, 0.6) is 0 Å². The zero-order chi connectivity index (χ0) is 9.19. The minimum Gasteiger partial charge on any atom is -0.425 e. The molecule has 1 N–H and O–H groups in total. The monoisotopic (exact) mass is 176 g/mol. The van der Waals surface area contributed by atoms with Crippen molar-refractivity contribution in [3.8, 4) is 0 Å². The van der Waals surface area contributed by atoms with Crippen LogP contribution in [-0.2, 0) is 9.53 Å². The van der Waals surface area contributed by atoms with Crippen molar-refractivity contribution < 1.29 is 19.0 Å². The predicted molar refractivity (Wildman–Crippen MR) is 38.0 cm³/mol. The van der Waals surface area contributed by atoms with E-state index in [1.54, 1.807) is 20.8 Å². The molecule has 6 nitrogen and oxygen atoms in total. The molecule has 0 bridgehead atoms. The van der Waals surface area contributed by atoms with E-state index in [1.807, 2.05) is 0 Å². The highest BCUT2D eigenvalue weighted by atomic mass is 17.0. The smallest absolute Gasteiger partial charge is 0.314 e. The summed E-state index contributed by atoms with van der Waals surface area (Å²) < 4.78 is 9.08. The molecule has 1 aromatic rings. The lowest BCUT2D eigenvalue weighted by molar-refractivity contribution is -0.168. The van der Waals surface area contributed by atoms with Crippen LogP contribution in [0.15, 0.2) is 4.63 Å². The zero-order valence-corrected chi connectivity index (χ0v) is 7.29. The van der Waals surface area contributed by atoms with Crippen molar-refractivity contribution in [3.63, 3.8) is 0 Å². The Bertz CT molecular complexity index is 231. The molecule has 1 rings (SSSR count). The lowest BCUT2D eigenvalue weighted by Crippen LogP contribution is -2.25. The second-order valence-corrected chi connectivity index (χ2v) is 3.37. The Morgan fingerprint density at radius 3 is 2.58 bits per heavy atom. The molecule has 0 fully saturated rings. The van der Waals surface area contributed by atoms with Crippen molar-refractivity contribution in [1.82, 2.24) is 10.3 Å². The van der Waals surface area contributed by atoms with Crippen LogP contribution in [0, 0.1) is 5.41 Å². The summed E-state index contributed by atoms with van der Waals surface area (Å²) in [5.74, 6) is -0.315. The van der Waals surface area contributed by atoms with Crippen LogP contribution in [0.3, 0.4) is 0 Å². The first-order valence-corrected chi connectivity index (χ1v) is 3.53. The summed E-state index contributed by atoms with van der Waals surface area (Å²) in [6.45, 7) is 5.15. The second-order valence-electron chi connectivity index (χ2n) is 3.37. The molecule has 12 heavy (non-hydrogen) atoms. The van der Waals surface area contributed by atoms with Crippen molar-refractivity contribution >= 4 is 5.97 Å². The van der Waals surface area contributed by atoms with E-state index in [0.29, 0.717) is 0 Å². The first kappa shape index (κ1) is 8.76. The fraction of sp³-hybridized carbons (Fsp3) is 0.833. The molecular formula is C6H12N2O4. The van der Waals surface area contributed by atoms with E-state index < -0.39 is 5.41 Å². The zero-order valence-electron chi connectivity index (χ0n) is 7.29. The van der Waals surface area contributed by atoms with Gasteiger partial charge in [-0.05, 0) is 20.8 Å². The van der Waals surface area contributed by atoms with Gasteiger partial charge < -0.3 is 9.57 Å². The molecule has 0 atom stereocenters. The van der Waals surface area contributed by atoms with Crippen LogP contribution in [0.2, 0.25) is 0 Å². The fourth-order valence-corrected chi connectivity index (χ4v) is 0.414.